The number of sulfonamides is 1. The Morgan fingerprint density at radius 3 is 2.21 bits per heavy atom. The van der Waals surface area contributed by atoms with Crippen molar-refractivity contribution in [1.29, 1.82) is 0 Å². The summed E-state index contributed by atoms with van der Waals surface area (Å²) in [6.45, 7) is 6.37. The average molecular weight is 404 g/mol. The average Bonchev–Trinajstić information content (AvgIpc) is 2.68. The maximum atomic E-state index is 12.6. The van der Waals surface area contributed by atoms with Gasteiger partial charge in [0.25, 0.3) is 0 Å². The van der Waals surface area contributed by atoms with Gasteiger partial charge in [0, 0.05) is 37.4 Å². The Hall–Kier alpha value is -2.42. The van der Waals surface area contributed by atoms with Crippen LogP contribution in [0, 0.1) is 0 Å². The SMILES string of the molecule is CC(=O)Nc1ccc(S(=O)(=O)N[C@@H](C)c2ccc(N3CCOCC3)cc2)cc1. The number of ether oxygens (including phenoxy) is 1. The van der Waals surface area contributed by atoms with Gasteiger partial charge in [0.1, 0.15) is 0 Å². The zero-order chi connectivity index (χ0) is 20.1. The van der Waals surface area contributed by atoms with Gasteiger partial charge >= 0.3 is 0 Å². The molecule has 0 aromatic heterocycles. The van der Waals surface area contributed by atoms with Crippen molar-refractivity contribution < 1.29 is 17.9 Å². The molecule has 1 aliphatic heterocycles. The van der Waals surface area contributed by atoms with Crippen molar-refractivity contribution in [3.05, 3.63) is 54.1 Å². The van der Waals surface area contributed by atoms with Crippen LogP contribution in [0.1, 0.15) is 25.5 Å². The molecule has 0 unspecified atom stereocenters. The highest BCUT2D eigenvalue weighted by Crippen LogP contribution is 2.22. The number of rotatable bonds is 6. The Balaban J connectivity index is 1.67. The largest absolute Gasteiger partial charge is 0.378 e. The number of amides is 1. The van der Waals surface area contributed by atoms with Gasteiger partial charge in [-0.25, -0.2) is 13.1 Å². The van der Waals surface area contributed by atoms with Gasteiger partial charge in [-0.15, -0.1) is 0 Å². The molecule has 1 amide bonds. The zero-order valence-corrected chi connectivity index (χ0v) is 16.8. The first kappa shape index (κ1) is 20.3. The molecular formula is C20H25N3O4S. The van der Waals surface area contributed by atoms with E-state index in [1.807, 2.05) is 31.2 Å². The predicted octanol–water partition coefficient (Wildman–Crippen LogP) is 2.52. The normalized spacial score (nSPS) is 15.9. The second kappa shape index (κ2) is 8.72. The van der Waals surface area contributed by atoms with E-state index in [1.165, 1.54) is 19.1 Å². The maximum Gasteiger partial charge on any atom is 0.241 e. The maximum absolute atomic E-state index is 12.6. The van der Waals surface area contributed by atoms with Crippen molar-refractivity contribution >= 4 is 27.3 Å². The van der Waals surface area contributed by atoms with Crippen LogP contribution in [-0.4, -0.2) is 40.6 Å². The fourth-order valence-electron chi connectivity index (χ4n) is 3.08. The summed E-state index contributed by atoms with van der Waals surface area (Å²) < 4.78 is 33.4. The van der Waals surface area contributed by atoms with Gasteiger partial charge in [0.05, 0.1) is 18.1 Å². The third-order valence-corrected chi connectivity index (χ3v) is 6.14. The summed E-state index contributed by atoms with van der Waals surface area (Å²) in [6, 6.07) is 13.6. The third kappa shape index (κ3) is 5.09. The Bertz CT molecular complexity index is 905. The van der Waals surface area contributed by atoms with Crippen LogP contribution in [0.2, 0.25) is 0 Å². The lowest BCUT2D eigenvalue weighted by atomic mass is 10.1. The molecule has 3 rings (SSSR count). The number of morpholine rings is 1. The topological polar surface area (TPSA) is 87.7 Å². The first-order valence-electron chi connectivity index (χ1n) is 9.18. The summed E-state index contributed by atoms with van der Waals surface area (Å²) in [5.41, 5.74) is 2.55. The van der Waals surface area contributed by atoms with Gasteiger partial charge in [0.15, 0.2) is 0 Å². The number of nitrogens with one attached hydrogen (secondary N) is 2. The molecule has 1 fully saturated rings. The molecule has 28 heavy (non-hydrogen) atoms. The molecule has 0 spiro atoms. The molecule has 0 aliphatic carbocycles. The van der Waals surface area contributed by atoms with Gasteiger partial charge in [0.2, 0.25) is 15.9 Å². The lowest BCUT2D eigenvalue weighted by Crippen LogP contribution is -2.36. The van der Waals surface area contributed by atoms with E-state index in [-0.39, 0.29) is 16.8 Å². The van der Waals surface area contributed by atoms with E-state index >= 15 is 0 Å². The first-order valence-corrected chi connectivity index (χ1v) is 10.7. The van der Waals surface area contributed by atoms with Crippen LogP contribution in [-0.2, 0) is 19.6 Å². The summed E-state index contributed by atoms with van der Waals surface area (Å²) in [4.78, 5) is 13.5. The summed E-state index contributed by atoms with van der Waals surface area (Å²) in [6.07, 6.45) is 0. The quantitative estimate of drug-likeness (QED) is 0.774. The van der Waals surface area contributed by atoms with Crippen molar-refractivity contribution in [3.8, 4) is 0 Å². The van der Waals surface area contributed by atoms with Gasteiger partial charge < -0.3 is 15.0 Å². The van der Waals surface area contributed by atoms with E-state index in [9.17, 15) is 13.2 Å². The van der Waals surface area contributed by atoms with Crippen molar-refractivity contribution in [2.24, 2.45) is 0 Å². The number of benzene rings is 2. The van der Waals surface area contributed by atoms with Crippen LogP contribution in [0.4, 0.5) is 11.4 Å². The molecule has 1 aliphatic rings. The fourth-order valence-corrected chi connectivity index (χ4v) is 4.32. The number of carbonyl (C=O) groups is 1. The van der Waals surface area contributed by atoms with Gasteiger partial charge in [-0.1, -0.05) is 12.1 Å². The van der Waals surface area contributed by atoms with E-state index in [0.717, 1.165) is 37.6 Å². The highest BCUT2D eigenvalue weighted by atomic mass is 32.2. The lowest BCUT2D eigenvalue weighted by molar-refractivity contribution is -0.114. The van der Waals surface area contributed by atoms with E-state index < -0.39 is 10.0 Å². The number of hydrogen-bond acceptors (Lipinski definition) is 5. The Morgan fingerprint density at radius 1 is 1.04 bits per heavy atom. The van der Waals surface area contributed by atoms with E-state index in [4.69, 9.17) is 4.74 Å². The molecule has 2 aromatic rings. The first-order chi connectivity index (χ1) is 13.3. The summed E-state index contributed by atoms with van der Waals surface area (Å²) in [5.74, 6) is -0.206. The smallest absolute Gasteiger partial charge is 0.241 e. The number of nitrogens with zero attached hydrogens (tertiary/aromatic N) is 1. The molecule has 0 bridgehead atoms. The summed E-state index contributed by atoms with van der Waals surface area (Å²) in [7, 11) is -3.67. The van der Waals surface area contributed by atoms with Crippen molar-refractivity contribution in [2.75, 3.05) is 36.5 Å². The van der Waals surface area contributed by atoms with Crippen molar-refractivity contribution in [2.45, 2.75) is 24.8 Å². The summed E-state index contributed by atoms with van der Waals surface area (Å²) >= 11 is 0. The monoisotopic (exact) mass is 403 g/mol. The molecule has 2 aromatic carbocycles. The molecular weight excluding hydrogens is 378 g/mol. The Morgan fingerprint density at radius 2 is 1.64 bits per heavy atom. The minimum atomic E-state index is -3.67. The molecule has 8 heteroatoms. The molecule has 1 atom stereocenters. The van der Waals surface area contributed by atoms with Crippen molar-refractivity contribution in [1.82, 2.24) is 4.72 Å². The molecule has 1 saturated heterocycles. The number of anilines is 2. The molecule has 1 heterocycles. The van der Waals surface area contributed by atoms with E-state index in [0.29, 0.717) is 5.69 Å². The third-order valence-electron chi connectivity index (χ3n) is 4.59. The van der Waals surface area contributed by atoms with Crippen molar-refractivity contribution in [3.63, 3.8) is 0 Å². The molecule has 7 nitrogen and oxygen atoms in total. The van der Waals surface area contributed by atoms with Crippen LogP contribution in [0.3, 0.4) is 0 Å². The number of carbonyl (C=O) groups excluding carboxylic acids is 1. The van der Waals surface area contributed by atoms with Crippen LogP contribution in [0.25, 0.3) is 0 Å². The number of hydrogen-bond donors (Lipinski definition) is 2. The predicted molar refractivity (Wildman–Crippen MR) is 109 cm³/mol. The van der Waals surface area contributed by atoms with Crippen LogP contribution in [0.15, 0.2) is 53.4 Å². The van der Waals surface area contributed by atoms with Crippen LogP contribution >= 0.6 is 0 Å². The minimum absolute atomic E-state index is 0.151. The summed E-state index contributed by atoms with van der Waals surface area (Å²) in [5, 5.41) is 2.62. The Kier molecular flexibility index (Phi) is 6.33. The van der Waals surface area contributed by atoms with E-state index in [2.05, 4.69) is 14.9 Å². The van der Waals surface area contributed by atoms with Gasteiger partial charge in [-0.3, -0.25) is 4.79 Å². The molecule has 150 valence electrons. The van der Waals surface area contributed by atoms with Crippen LogP contribution < -0.4 is 14.9 Å². The van der Waals surface area contributed by atoms with Crippen LogP contribution in [0.5, 0.6) is 0 Å². The second-order valence-electron chi connectivity index (χ2n) is 6.74. The molecule has 0 radical (unpaired) electrons. The highest BCUT2D eigenvalue weighted by molar-refractivity contribution is 7.89. The van der Waals surface area contributed by atoms with Gasteiger partial charge in [-0.05, 0) is 48.9 Å². The van der Waals surface area contributed by atoms with Gasteiger partial charge in [-0.2, -0.15) is 0 Å². The standard InChI is InChI=1S/C20H25N3O4S/c1-15(17-3-7-19(8-4-17)23-11-13-27-14-12-23)22-28(25,26)20-9-5-18(6-10-20)21-16(2)24/h3-10,15,22H,11-14H2,1-2H3,(H,21,24)/t15-/m0/s1. The fraction of sp³-hybridized carbons (Fsp3) is 0.350. The molecule has 0 saturated carbocycles. The zero-order valence-electron chi connectivity index (χ0n) is 16.0. The second-order valence-corrected chi connectivity index (χ2v) is 8.45. The minimum Gasteiger partial charge on any atom is -0.378 e. The lowest BCUT2D eigenvalue weighted by Gasteiger charge is -2.29. The Labute approximate surface area is 165 Å². The highest BCUT2D eigenvalue weighted by Gasteiger charge is 2.19. The van der Waals surface area contributed by atoms with E-state index in [1.54, 1.807) is 12.1 Å². The molecule has 2 N–H and O–H groups in total.